The monoisotopic (exact) mass is 355 g/mol. The number of nitro benzene ring substituents is 1. The van der Waals surface area contributed by atoms with Crippen molar-refractivity contribution in [3.8, 4) is 0 Å². The Balaban J connectivity index is 1.98. The predicted octanol–water partition coefficient (Wildman–Crippen LogP) is 4.22. The number of aromatic nitrogens is 1. The molecule has 3 aromatic rings. The number of thiophene rings is 1. The standard InChI is InChI=1S/C18H17N3O3S/c1-10(2)9-12-5-8-14-15(19)17(25-18(14)20-12)16(22)11-3-6-13(7-4-11)21(23)24/h3-8,10H,9,19H2,1-2H3. The average molecular weight is 355 g/mol. The smallest absolute Gasteiger partial charge is 0.269 e. The number of anilines is 1. The van der Waals surface area contributed by atoms with Crippen LogP contribution >= 0.6 is 11.3 Å². The number of ketones is 1. The molecule has 0 aliphatic rings. The van der Waals surface area contributed by atoms with E-state index in [1.54, 1.807) is 0 Å². The fourth-order valence-electron chi connectivity index (χ4n) is 2.60. The van der Waals surface area contributed by atoms with Gasteiger partial charge in [-0.1, -0.05) is 13.8 Å². The topological polar surface area (TPSA) is 99.1 Å². The summed E-state index contributed by atoms with van der Waals surface area (Å²) in [6.45, 7) is 4.25. The van der Waals surface area contributed by atoms with E-state index in [0.29, 0.717) is 22.0 Å². The van der Waals surface area contributed by atoms with Gasteiger partial charge < -0.3 is 5.73 Å². The van der Waals surface area contributed by atoms with Gasteiger partial charge in [0, 0.05) is 28.8 Å². The first-order valence-electron chi connectivity index (χ1n) is 7.84. The predicted molar refractivity (Wildman–Crippen MR) is 99.1 cm³/mol. The highest BCUT2D eigenvalue weighted by molar-refractivity contribution is 7.21. The van der Waals surface area contributed by atoms with E-state index in [1.165, 1.54) is 35.6 Å². The summed E-state index contributed by atoms with van der Waals surface area (Å²) in [5, 5.41) is 11.5. The van der Waals surface area contributed by atoms with Crippen molar-refractivity contribution in [1.29, 1.82) is 0 Å². The first kappa shape index (κ1) is 17.0. The van der Waals surface area contributed by atoms with E-state index < -0.39 is 4.92 Å². The number of carbonyl (C=O) groups is 1. The molecule has 0 bridgehead atoms. The van der Waals surface area contributed by atoms with Crippen LogP contribution in [0.2, 0.25) is 0 Å². The summed E-state index contributed by atoms with van der Waals surface area (Å²) in [4.78, 5) is 28.7. The van der Waals surface area contributed by atoms with Crippen molar-refractivity contribution in [2.45, 2.75) is 20.3 Å². The van der Waals surface area contributed by atoms with Crippen molar-refractivity contribution in [2.24, 2.45) is 5.92 Å². The molecule has 3 rings (SSSR count). The number of hydrogen-bond acceptors (Lipinski definition) is 6. The number of nitrogen functional groups attached to an aromatic ring is 1. The molecule has 0 radical (unpaired) electrons. The Bertz CT molecular complexity index is 962. The second-order valence-corrected chi connectivity index (χ2v) is 7.23. The minimum Gasteiger partial charge on any atom is -0.397 e. The second-order valence-electron chi connectivity index (χ2n) is 6.23. The van der Waals surface area contributed by atoms with Gasteiger partial charge in [-0.05, 0) is 36.6 Å². The summed E-state index contributed by atoms with van der Waals surface area (Å²) in [6, 6.07) is 9.36. The van der Waals surface area contributed by atoms with Gasteiger partial charge in [0.25, 0.3) is 5.69 Å². The lowest BCUT2D eigenvalue weighted by Crippen LogP contribution is -2.02. The fraction of sp³-hybridized carbons (Fsp3) is 0.222. The van der Waals surface area contributed by atoms with Gasteiger partial charge in [0.2, 0.25) is 5.78 Å². The molecule has 128 valence electrons. The number of nitrogens with zero attached hydrogens (tertiary/aromatic N) is 2. The van der Waals surface area contributed by atoms with Crippen molar-refractivity contribution in [3.63, 3.8) is 0 Å². The van der Waals surface area contributed by atoms with Gasteiger partial charge in [-0.15, -0.1) is 11.3 Å². The van der Waals surface area contributed by atoms with Crippen LogP contribution in [-0.4, -0.2) is 15.7 Å². The van der Waals surface area contributed by atoms with Crippen molar-refractivity contribution >= 4 is 38.7 Å². The number of hydrogen-bond donors (Lipinski definition) is 1. The molecule has 2 aromatic heterocycles. The van der Waals surface area contributed by atoms with E-state index in [1.807, 2.05) is 12.1 Å². The molecule has 0 fully saturated rings. The van der Waals surface area contributed by atoms with Crippen LogP contribution in [0.5, 0.6) is 0 Å². The molecular weight excluding hydrogens is 338 g/mol. The minimum atomic E-state index is -0.498. The maximum Gasteiger partial charge on any atom is 0.269 e. The van der Waals surface area contributed by atoms with Crippen LogP contribution in [0.15, 0.2) is 36.4 Å². The fourth-order valence-corrected chi connectivity index (χ4v) is 3.68. The Hall–Kier alpha value is -2.80. The molecule has 0 spiro atoms. The Morgan fingerprint density at radius 2 is 1.92 bits per heavy atom. The number of nitro groups is 1. The molecule has 0 aliphatic carbocycles. The second kappa shape index (κ2) is 6.60. The number of carbonyl (C=O) groups excluding carboxylic acids is 1. The zero-order chi connectivity index (χ0) is 18.1. The van der Waals surface area contributed by atoms with E-state index >= 15 is 0 Å². The quantitative estimate of drug-likeness (QED) is 0.420. The van der Waals surface area contributed by atoms with Gasteiger partial charge in [-0.3, -0.25) is 14.9 Å². The lowest BCUT2D eigenvalue weighted by molar-refractivity contribution is -0.384. The van der Waals surface area contributed by atoms with Crippen LogP contribution < -0.4 is 5.73 Å². The zero-order valence-electron chi connectivity index (χ0n) is 13.9. The molecule has 6 nitrogen and oxygen atoms in total. The maximum atomic E-state index is 12.7. The Labute approximate surface area is 148 Å². The molecule has 0 saturated carbocycles. The Kier molecular flexibility index (Phi) is 4.50. The molecule has 0 aliphatic heterocycles. The van der Waals surface area contributed by atoms with Gasteiger partial charge in [-0.2, -0.15) is 0 Å². The molecule has 0 unspecified atom stereocenters. The first-order chi connectivity index (χ1) is 11.9. The van der Waals surface area contributed by atoms with Crippen LogP contribution in [0.25, 0.3) is 10.2 Å². The summed E-state index contributed by atoms with van der Waals surface area (Å²) in [5.41, 5.74) is 7.84. The lowest BCUT2D eigenvalue weighted by atomic mass is 10.1. The minimum absolute atomic E-state index is 0.0548. The Morgan fingerprint density at radius 1 is 1.24 bits per heavy atom. The number of fused-ring (bicyclic) bond motifs is 1. The maximum absolute atomic E-state index is 12.7. The summed E-state index contributed by atoms with van der Waals surface area (Å²) in [7, 11) is 0. The van der Waals surface area contributed by atoms with Crippen LogP contribution in [0.4, 0.5) is 11.4 Å². The van der Waals surface area contributed by atoms with Crippen LogP contribution in [0.1, 0.15) is 34.8 Å². The first-order valence-corrected chi connectivity index (χ1v) is 8.65. The van der Waals surface area contributed by atoms with E-state index in [2.05, 4.69) is 18.8 Å². The van der Waals surface area contributed by atoms with Crippen molar-refractivity contribution in [3.05, 3.63) is 62.6 Å². The third-order valence-corrected chi connectivity index (χ3v) is 4.93. The van der Waals surface area contributed by atoms with Crippen molar-refractivity contribution < 1.29 is 9.72 Å². The molecular formula is C18H17N3O3S. The molecule has 0 amide bonds. The van der Waals surface area contributed by atoms with Gasteiger partial charge in [0.05, 0.1) is 10.6 Å². The third-order valence-electron chi connectivity index (χ3n) is 3.82. The SMILES string of the molecule is CC(C)Cc1ccc2c(N)c(C(=O)c3ccc([N+](=O)[O-])cc3)sc2n1. The van der Waals surface area contributed by atoms with Crippen LogP contribution in [0, 0.1) is 16.0 Å². The zero-order valence-corrected chi connectivity index (χ0v) is 14.7. The summed E-state index contributed by atoms with van der Waals surface area (Å²) in [6.07, 6.45) is 0.860. The molecule has 1 aromatic carbocycles. The van der Waals surface area contributed by atoms with Crippen molar-refractivity contribution in [2.75, 3.05) is 5.73 Å². The Morgan fingerprint density at radius 3 is 2.52 bits per heavy atom. The molecule has 25 heavy (non-hydrogen) atoms. The van der Waals surface area contributed by atoms with E-state index in [-0.39, 0.29) is 11.5 Å². The summed E-state index contributed by atoms with van der Waals surface area (Å²) >= 11 is 1.26. The van der Waals surface area contributed by atoms with Gasteiger partial charge in [0.15, 0.2) is 0 Å². The number of rotatable bonds is 5. The number of pyridine rings is 1. The van der Waals surface area contributed by atoms with Crippen LogP contribution in [0.3, 0.4) is 0 Å². The molecule has 0 atom stereocenters. The molecule has 2 heterocycles. The molecule has 7 heteroatoms. The van der Waals surface area contributed by atoms with Gasteiger partial charge in [-0.25, -0.2) is 4.98 Å². The van der Waals surface area contributed by atoms with Gasteiger partial charge >= 0.3 is 0 Å². The molecule has 0 saturated heterocycles. The number of non-ortho nitro benzene ring substituents is 1. The van der Waals surface area contributed by atoms with E-state index in [4.69, 9.17) is 5.73 Å². The van der Waals surface area contributed by atoms with Crippen molar-refractivity contribution in [1.82, 2.24) is 4.98 Å². The highest BCUT2D eigenvalue weighted by atomic mass is 32.1. The van der Waals surface area contributed by atoms with Gasteiger partial charge in [0.1, 0.15) is 9.71 Å². The molecule has 2 N–H and O–H groups in total. The van der Waals surface area contributed by atoms with Crippen LogP contribution in [-0.2, 0) is 6.42 Å². The third kappa shape index (κ3) is 3.36. The summed E-state index contributed by atoms with van der Waals surface area (Å²) in [5.74, 6) is 0.240. The van der Waals surface area contributed by atoms with E-state index in [0.717, 1.165) is 22.3 Å². The highest BCUT2D eigenvalue weighted by Gasteiger charge is 2.20. The highest BCUT2D eigenvalue weighted by Crippen LogP contribution is 2.34. The normalized spacial score (nSPS) is 11.2. The lowest BCUT2D eigenvalue weighted by Gasteiger charge is -2.03. The number of nitrogens with two attached hydrogens (primary N) is 1. The number of benzene rings is 1. The van der Waals surface area contributed by atoms with E-state index in [9.17, 15) is 14.9 Å². The summed E-state index contributed by atoms with van der Waals surface area (Å²) < 4.78 is 0. The largest absolute Gasteiger partial charge is 0.397 e. The average Bonchev–Trinajstić information content (AvgIpc) is 2.90.